The monoisotopic (exact) mass is 555 g/mol. The van der Waals surface area contributed by atoms with Gasteiger partial charge in [-0.2, -0.15) is 0 Å². The number of likely N-dealkylation sites (N-methyl/N-ethyl adjacent to an activating group) is 1. The van der Waals surface area contributed by atoms with E-state index in [1.54, 1.807) is 24.3 Å². The number of anilines is 1. The third-order valence-electron chi connectivity index (χ3n) is 6.12. The lowest BCUT2D eigenvalue weighted by Crippen LogP contribution is -2.49. The SMILES string of the molecule is CCNC(=O)C(CC)N(Cc1c(Cl)cccc1Cl)C(=O)CCCN(c1cccc(C)c1C)S(C)(=O)=O. The second-order valence-corrected chi connectivity index (χ2v) is 11.4. The predicted molar refractivity (Wildman–Crippen MR) is 147 cm³/mol. The van der Waals surface area contributed by atoms with Gasteiger partial charge in [0, 0.05) is 41.7 Å². The maximum absolute atomic E-state index is 13.5. The van der Waals surface area contributed by atoms with Crippen LogP contribution in [-0.4, -0.2) is 50.5 Å². The van der Waals surface area contributed by atoms with Crippen LogP contribution in [0.25, 0.3) is 0 Å². The Bertz CT molecular complexity index is 1170. The maximum atomic E-state index is 13.5. The average molecular weight is 557 g/mol. The number of nitrogens with zero attached hydrogens (tertiary/aromatic N) is 2. The van der Waals surface area contributed by atoms with Crippen LogP contribution < -0.4 is 9.62 Å². The van der Waals surface area contributed by atoms with Gasteiger partial charge in [0.2, 0.25) is 21.8 Å². The maximum Gasteiger partial charge on any atom is 0.242 e. The molecular formula is C26H35Cl2N3O4S. The van der Waals surface area contributed by atoms with Crippen LogP contribution in [0.2, 0.25) is 10.0 Å². The van der Waals surface area contributed by atoms with E-state index in [1.165, 1.54) is 9.21 Å². The number of sulfonamides is 1. The van der Waals surface area contributed by atoms with E-state index in [0.29, 0.717) is 34.3 Å². The van der Waals surface area contributed by atoms with Gasteiger partial charge >= 0.3 is 0 Å². The summed E-state index contributed by atoms with van der Waals surface area (Å²) in [6.07, 6.45) is 1.88. The van der Waals surface area contributed by atoms with E-state index in [9.17, 15) is 18.0 Å². The van der Waals surface area contributed by atoms with E-state index in [-0.39, 0.29) is 37.7 Å². The summed E-state index contributed by atoms with van der Waals surface area (Å²) in [4.78, 5) is 27.7. The van der Waals surface area contributed by atoms with Crippen molar-refractivity contribution in [2.45, 2.75) is 59.5 Å². The van der Waals surface area contributed by atoms with Crippen molar-refractivity contribution in [1.82, 2.24) is 10.2 Å². The minimum Gasteiger partial charge on any atom is -0.355 e. The van der Waals surface area contributed by atoms with Gasteiger partial charge in [-0.25, -0.2) is 8.42 Å². The molecule has 0 saturated heterocycles. The molecule has 10 heteroatoms. The number of hydrogen-bond donors (Lipinski definition) is 1. The molecule has 2 aromatic rings. The van der Waals surface area contributed by atoms with Gasteiger partial charge < -0.3 is 10.2 Å². The highest BCUT2D eigenvalue weighted by Crippen LogP contribution is 2.28. The predicted octanol–water partition coefficient (Wildman–Crippen LogP) is 5.10. The van der Waals surface area contributed by atoms with E-state index in [4.69, 9.17) is 23.2 Å². The molecule has 2 aromatic carbocycles. The van der Waals surface area contributed by atoms with Crippen LogP contribution in [-0.2, 0) is 26.2 Å². The van der Waals surface area contributed by atoms with Crippen LogP contribution in [0.15, 0.2) is 36.4 Å². The van der Waals surface area contributed by atoms with Crippen molar-refractivity contribution in [2.75, 3.05) is 23.7 Å². The largest absolute Gasteiger partial charge is 0.355 e. The molecule has 0 aliphatic heterocycles. The van der Waals surface area contributed by atoms with Crippen LogP contribution in [0.1, 0.15) is 49.8 Å². The standard InChI is InChI=1S/C26H35Cl2N3O4S/c1-6-23(26(33)29-7-2)30(17-20-21(27)12-9-13-22(20)28)25(32)15-10-16-31(36(5,34)35)24-14-8-11-18(3)19(24)4/h8-9,11-14,23H,6-7,10,15-17H2,1-5H3,(H,29,33). The molecule has 7 nitrogen and oxygen atoms in total. The summed E-state index contributed by atoms with van der Waals surface area (Å²) >= 11 is 12.7. The van der Waals surface area contributed by atoms with Gasteiger partial charge in [0.1, 0.15) is 6.04 Å². The van der Waals surface area contributed by atoms with Gasteiger partial charge in [-0.15, -0.1) is 0 Å². The van der Waals surface area contributed by atoms with Crippen molar-refractivity contribution in [1.29, 1.82) is 0 Å². The number of rotatable bonds is 12. The molecule has 2 rings (SSSR count). The highest BCUT2D eigenvalue weighted by Gasteiger charge is 2.29. The zero-order valence-electron chi connectivity index (χ0n) is 21.5. The van der Waals surface area contributed by atoms with E-state index < -0.39 is 16.1 Å². The van der Waals surface area contributed by atoms with Crippen molar-refractivity contribution in [3.8, 4) is 0 Å². The molecule has 0 saturated carbocycles. The fourth-order valence-corrected chi connectivity index (χ4v) is 5.59. The first-order valence-corrected chi connectivity index (χ1v) is 14.6. The second kappa shape index (κ2) is 13.3. The number of carbonyl (C=O) groups is 2. The van der Waals surface area contributed by atoms with E-state index in [2.05, 4.69) is 5.32 Å². The molecule has 1 unspecified atom stereocenters. The normalized spacial score (nSPS) is 12.2. The highest BCUT2D eigenvalue weighted by atomic mass is 35.5. The summed E-state index contributed by atoms with van der Waals surface area (Å²) in [6, 6.07) is 9.88. The summed E-state index contributed by atoms with van der Waals surface area (Å²) in [6.45, 7) is 8.08. The van der Waals surface area contributed by atoms with E-state index >= 15 is 0 Å². The van der Waals surface area contributed by atoms with Crippen molar-refractivity contribution in [3.05, 3.63) is 63.1 Å². The summed E-state index contributed by atoms with van der Waals surface area (Å²) < 4.78 is 26.5. The second-order valence-electron chi connectivity index (χ2n) is 8.70. The number of aryl methyl sites for hydroxylation is 1. The molecule has 0 fully saturated rings. The highest BCUT2D eigenvalue weighted by molar-refractivity contribution is 7.92. The summed E-state index contributed by atoms with van der Waals surface area (Å²) in [5, 5.41) is 3.60. The van der Waals surface area contributed by atoms with Gasteiger partial charge in [-0.3, -0.25) is 13.9 Å². The van der Waals surface area contributed by atoms with Crippen molar-refractivity contribution in [3.63, 3.8) is 0 Å². The molecule has 1 atom stereocenters. The summed E-state index contributed by atoms with van der Waals surface area (Å²) in [5.74, 6) is -0.539. The quantitative estimate of drug-likeness (QED) is 0.394. The Morgan fingerprint density at radius 2 is 1.64 bits per heavy atom. The van der Waals surface area contributed by atoms with Gasteiger partial charge in [0.15, 0.2) is 0 Å². The topological polar surface area (TPSA) is 86.8 Å². The third kappa shape index (κ3) is 7.60. The Balaban J connectivity index is 2.29. The van der Waals surface area contributed by atoms with Crippen molar-refractivity contribution < 1.29 is 18.0 Å². The molecule has 36 heavy (non-hydrogen) atoms. The molecule has 2 amide bonds. The molecule has 0 spiro atoms. The van der Waals surface area contributed by atoms with Gasteiger partial charge in [-0.05, 0) is 62.9 Å². The fourth-order valence-electron chi connectivity index (χ4n) is 4.05. The molecule has 198 valence electrons. The molecule has 0 aromatic heterocycles. The fraction of sp³-hybridized carbons (Fsp3) is 0.462. The summed E-state index contributed by atoms with van der Waals surface area (Å²) in [5.41, 5.74) is 3.00. The van der Waals surface area contributed by atoms with Crippen LogP contribution in [0, 0.1) is 13.8 Å². The van der Waals surface area contributed by atoms with Gasteiger partial charge in [-0.1, -0.05) is 48.3 Å². The lowest BCUT2D eigenvalue weighted by atomic mass is 10.1. The zero-order chi connectivity index (χ0) is 27.0. The lowest BCUT2D eigenvalue weighted by Gasteiger charge is -2.31. The number of benzene rings is 2. The average Bonchev–Trinajstić information content (AvgIpc) is 2.80. The Hall–Kier alpha value is -2.29. The third-order valence-corrected chi connectivity index (χ3v) is 8.01. The van der Waals surface area contributed by atoms with Crippen molar-refractivity contribution in [2.24, 2.45) is 0 Å². The Morgan fingerprint density at radius 3 is 2.19 bits per heavy atom. The first kappa shape index (κ1) is 29.9. The Kier molecular flexibility index (Phi) is 11.1. The molecular weight excluding hydrogens is 521 g/mol. The molecule has 0 aliphatic rings. The Morgan fingerprint density at radius 1 is 1.03 bits per heavy atom. The van der Waals surface area contributed by atoms with Crippen LogP contribution in [0.4, 0.5) is 5.69 Å². The first-order chi connectivity index (χ1) is 16.9. The molecule has 0 bridgehead atoms. The molecule has 1 N–H and O–H groups in total. The number of carbonyl (C=O) groups excluding carboxylic acids is 2. The summed E-state index contributed by atoms with van der Waals surface area (Å²) in [7, 11) is -3.57. The first-order valence-electron chi connectivity index (χ1n) is 12.0. The van der Waals surface area contributed by atoms with Crippen molar-refractivity contribution >= 4 is 50.7 Å². The van der Waals surface area contributed by atoms with Crippen LogP contribution in [0.5, 0.6) is 0 Å². The Labute approximate surface area is 224 Å². The smallest absolute Gasteiger partial charge is 0.242 e. The van der Waals surface area contributed by atoms with Crippen LogP contribution >= 0.6 is 23.2 Å². The van der Waals surface area contributed by atoms with E-state index in [1.807, 2.05) is 39.8 Å². The lowest BCUT2D eigenvalue weighted by molar-refractivity contribution is -0.141. The van der Waals surface area contributed by atoms with Crippen LogP contribution in [0.3, 0.4) is 0 Å². The number of amides is 2. The van der Waals surface area contributed by atoms with Gasteiger partial charge in [0.05, 0.1) is 11.9 Å². The minimum atomic E-state index is -3.57. The van der Waals surface area contributed by atoms with E-state index in [0.717, 1.165) is 17.4 Å². The number of nitrogens with one attached hydrogen (secondary N) is 1. The molecule has 0 aliphatic carbocycles. The zero-order valence-corrected chi connectivity index (χ0v) is 23.8. The molecule has 0 heterocycles. The molecule has 0 radical (unpaired) electrons. The van der Waals surface area contributed by atoms with Gasteiger partial charge in [0.25, 0.3) is 0 Å². The minimum absolute atomic E-state index is 0.0505. The number of hydrogen-bond acceptors (Lipinski definition) is 4. The number of halogens is 2.